The van der Waals surface area contributed by atoms with Gasteiger partial charge in [-0.3, -0.25) is 20.2 Å². The summed E-state index contributed by atoms with van der Waals surface area (Å²) < 4.78 is 5.52. The SMILES string of the molecule is Cc1cc([N+](=O)[O-])ccc1NC(=S)NC(=O)COc1ccc2ccccc2c1. The van der Waals surface area contributed by atoms with Gasteiger partial charge in [0.25, 0.3) is 11.6 Å². The minimum Gasteiger partial charge on any atom is -0.484 e. The van der Waals surface area contributed by atoms with Crippen molar-refractivity contribution in [1.29, 1.82) is 0 Å². The summed E-state index contributed by atoms with van der Waals surface area (Å²) in [6, 6.07) is 17.8. The molecule has 0 saturated heterocycles. The highest BCUT2D eigenvalue weighted by Crippen LogP contribution is 2.21. The number of nitrogens with zero attached hydrogens (tertiary/aromatic N) is 1. The van der Waals surface area contributed by atoms with Gasteiger partial charge in [-0.15, -0.1) is 0 Å². The van der Waals surface area contributed by atoms with E-state index in [1.807, 2.05) is 36.4 Å². The van der Waals surface area contributed by atoms with Gasteiger partial charge >= 0.3 is 0 Å². The zero-order valence-corrected chi connectivity index (χ0v) is 15.8. The summed E-state index contributed by atoms with van der Waals surface area (Å²) in [4.78, 5) is 22.4. The predicted octanol–water partition coefficient (Wildman–Crippen LogP) is 3.95. The first-order chi connectivity index (χ1) is 13.4. The summed E-state index contributed by atoms with van der Waals surface area (Å²) >= 11 is 5.12. The molecule has 3 aromatic rings. The van der Waals surface area contributed by atoms with Gasteiger partial charge in [-0.2, -0.15) is 0 Å². The van der Waals surface area contributed by atoms with Crippen LogP contribution in [-0.2, 0) is 4.79 Å². The van der Waals surface area contributed by atoms with E-state index in [0.717, 1.165) is 10.8 Å². The van der Waals surface area contributed by atoms with Crippen molar-refractivity contribution in [1.82, 2.24) is 5.32 Å². The maximum atomic E-state index is 12.1. The number of nitro groups is 1. The second kappa shape index (κ2) is 8.45. The Bertz CT molecular complexity index is 1070. The summed E-state index contributed by atoms with van der Waals surface area (Å²) in [5.74, 6) is 0.171. The summed E-state index contributed by atoms with van der Waals surface area (Å²) in [5, 5.41) is 18.3. The molecule has 7 nitrogen and oxygen atoms in total. The topological polar surface area (TPSA) is 93.5 Å². The summed E-state index contributed by atoms with van der Waals surface area (Å²) in [6.07, 6.45) is 0. The quantitative estimate of drug-likeness (QED) is 0.386. The lowest BCUT2D eigenvalue weighted by atomic mass is 10.1. The van der Waals surface area contributed by atoms with E-state index in [2.05, 4.69) is 10.6 Å². The third-order valence-electron chi connectivity index (χ3n) is 4.01. The number of thiocarbonyl (C=S) groups is 1. The molecule has 0 bridgehead atoms. The van der Waals surface area contributed by atoms with Crippen LogP contribution in [0.2, 0.25) is 0 Å². The molecule has 3 rings (SSSR count). The van der Waals surface area contributed by atoms with Crippen LogP contribution >= 0.6 is 12.2 Å². The molecule has 142 valence electrons. The molecule has 3 aromatic carbocycles. The number of ether oxygens (including phenoxy) is 1. The Morgan fingerprint density at radius 1 is 1.11 bits per heavy atom. The number of nitro benzene ring substituents is 1. The summed E-state index contributed by atoms with van der Waals surface area (Å²) in [6.45, 7) is 1.52. The van der Waals surface area contributed by atoms with E-state index >= 15 is 0 Å². The van der Waals surface area contributed by atoms with Crippen molar-refractivity contribution in [3.8, 4) is 5.75 Å². The Labute approximate surface area is 166 Å². The number of aryl methyl sites for hydroxylation is 1. The van der Waals surface area contributed by atoms with Gasteiger partial charge in [-0.25, -0.2) is 0 Å². The molecule has 0 atom stereocenters. The Hall–Kier alpha value is -3.52. The number of rotatable bonds is 5. The number of anilines is 1. The zero-order chi connectivity index (χ0) is 20.1. The molecular formula is C20H17N3O4S. The normalized spacial score (nSPS) is 10.3. The Balaban J connectivity index is 1.54. The smallest absolute Gasteiger partial charge is 0.269 e. The van der Waals surface area contributed by atoms with Gasteiger partial charge in [0.15, 0.2) is 11.7 Å². The zero-order valence-electron chi connectivity index (χ0n) is 15.0. The van der Waals surface area contributed by atoms with Crippen LogP contribution in [-0.4, -0.2) is 22.5 Å². The van der Waals surface area contributed by atoms with Gasteiger partial charge in [-0.1, -0.05) is 30.3 Å². The molecule has 0 aromatic heterocycles. The van der Waals surface area contributed by atoms with E-state index in [9.17, 15) is 14.9 Å². The van der Waals surface area contributed by atoms with E-state index in [4.69, 9.17) is 17.0 Å². The van der Waals surface area contributed by atoms with E-state index in [-0.39, 0.29) is 17.4 Å². The number of non-ortho nitro benzene ring substituents is 1. The average molecular weight is 395 g/mol. The fourth-order valence-corrected chi connectivity index (χ4v) is 2.85. The first-order valence-corrected chi connectivity index (χ1v) is 8.81. The first-order valence-electron chi connectivity index (χ1n) is 8.40. The molecule has 0 saturated carbocycles. The van der Waals surface area contributed by atoms with Crippen molar-refractivity contribution in [3.05, 3.63) is 76.3 Å². The number of hydrogen-bond donors (Lipinski definition) is 2. The van der Waals surface area contributed by atoms with Crippen LogP contribution in [0.4, 0.5) is 11.4 Å². The fraction of sp³-hybridized carbons (Fsp3) is 0.100. The molecule has 0 aliphatic carbocycles. The molecule has 0 heterocycles. The lowest BCUT2D eigenvalue weighted by Crippen LogP contribution is -2.37. The van der Waals surface area contributed by atoms with E-state index < -0.39 is 10.8 Å². The number of benzene rings is 3. The highest BCUT2D eigenvalue weighted by atomic mass is 32.1. The second-order valence-corrected chi connectivity index (χ2v) is 6.46. The molecule has 8 heteroatoms. The molecular weight excluding hydrogens is 378 g/mol. The van der Waals surface area contributed by atoms with E-state index in [0.29, 0.717) is 17.0 Å². The van der Waals surface area contributed by atoms with Crippen molar-refractivity contribution in [2.24, 2.45) is 0 Å². The van der Waals surface area contributed by atoms with Gasteiger partial charge < -0.3 is 10.1 Å². The lowest BCUT2D eigenvalue weighted by Gasteiger charge is -2.12. The minimum atomic E-state index is -0.471. The van der Waals surface area contributed by atoms with Crippen LogP contribution in [0.25, 0.3) is 10.8 Å². The standard InChI is InChI=1S/C20H17N3O4S/c1-13-10-16(23(25)26)7-9-18(13)21-20(28)22-19(24)12-27-17-8-6-14-4-2-3-5-15(14)11-17/h2-11H,12H2,1H3,(H2,21,22,24,28). The average Bonchev–Trinajstić information content (AvgIpc) is 2.67. The lowest BCUT2D eigenvalue weighted by molar-refractivity contribution is -0.384. The van der Waals surface area contributed by atoms with Crippen LogP contribution < -0.4 is 15.4 Å². The molecule has 0 aliphatic heterocycles. The molecule has 1 amide bonds. The number of carbonyl (C=O) groups excluding carboxylic acids is 1. The number of hydrogen-bond acceptors (Lipinski definition) is 5. The third-order valence-corrected chi connectivity index (χ3v) is 4.22. The molecule has 0 fully saturated rings. The highest BCUT2D eigenvalue weighted by Gasteiger charge is 2.11. The molecule has 0 radical (unpaired) electrons. The molecule has 0 unspecified atom stereocenters. The summed E-state index contributed by atoms with van der Waals surface area (Å²) in [7, 11) is 0. The number of fused-ring (bicyclic) bond motifs is 1. The van der Waals surface area contributed by atoms with Gasteiger partial charge in [0.1, 0.15) is 5.75 Å². The Morgan fingerprint density at radius 2 is 1.86 bits per heavy atom. The van der Waals surface area contributed by atoms with Crippen LogP contribution in [0.5, 0.6) is 5.75 Å². The molecule has 0 aliphatic rings. The van der Waals surface area contributed by atoms with Crippen molar-refractivity contribution in [2.75, 3.05) is 11.9 Å². The minimum absolute atomic E-state index is 0.0122. The molecule has 0 spiro atoms. The first kappa shape index (κ1) is 19.2. The van der Waals surface area contributed by atoms with Gasteiger partial charge in [0, 0.05) is 17.8 Å². The van der Waals surface area contributed by atoms with Crippen molar-refractivity contribution in [2.45, 2.75) is 6.92 Å². The number of nitrogens with one attached hydrogen (secondary N) is 2. The molecule has 2 N–H and O–H groups in total. The fourth-order valence-electron chi connectivity index (χ4n) is 2.62. The van der Waals surface area contributed by atoms with Crippen molar-refractivity contribution in [3.63, 3.8) is 0 Å². The van der Waals surface area contributed by atoms with Crippen molar-refractivity contribution < 1.29 is 14.5 Å². The number of carbonyl (C=O) groups is 1. The van der Waals surface area contributed by atoms with Gasteiger partial charge in [-0.05, 0) is 53.7 Å². The second-order valence-electron chi connectivity index (χ2n) is 6.06. The Morgan fingerprint density at radius 3 is 2.57 bits per heavy atom. The van der Waals surface area contributed by atoms with E-state index in [1.165, 1.54) is 18.2 Å². The van der Waals surface area contributed by atoms with Crippen molar-refractivity contribution >= 4 is 45.4 Å². The van der Waals surface area contributed by atoms with Crippen LogP contribution in [0, 0.1) is 17.0 Å². The maximum Gasteiger partial charge on any atom is 0.269 e. The van der Waals surface area contributed by atoms with Crippen LogP contribution in [0.15, 0.2) is 60.7 Å². The number of amides is 1. The van der Waals surface area contributed by atoms with Crippen LogP contribution in [0.1, 0.15) is 5.56 Å². The monoisotopic (exact) mass is 395 g/mol. The Kier molecular flexibility index (Phi) is 5.81. The molecule has 28 heavy (non-hydrogen) atoms. The van der Waals surface area contributed by atoms with Crippen LogP contribution in [0.3, 0.4) is 0 Å². The summed E-state index contributed by atoms with van der Waals surface area (Å²) in [5.41, 5.74) is 1.20. The predicted molar refractivity (Wildman–Crippen MR) is 112 cm³/mol. The maximum absolute atomic E-state index is 12.1. The largest absolute Gasteiger partial charge is 0.484 e. The van der Waals surface area contributed by atoms with E-state index in [1.54, 1.807) is 13.0 Å². The third kappa shape index (κ3) is 4.80. The highest BCUT2D eigenvalue weighted by molar-refractivity contribution is 7.80. The van der Waals surface area contributed by atoms with Gasteiger partial charge in [0.05, 0.1) is 4.92 Å². The van der Waals surface area contributed by atoms with Gasteiger partial charge in [0.2, 0.25) is 0 Å².